The molecule has 0 atom stereocenters. The van der Waals surface area contributed by atoms with Crippen molar-refractivity contribution in [3.05, 3.63) is 71.0 Å². The van der Waals surface area contributed by atoms with Crippen LogP contribution in [0, 0.1) is 5.82 Å². The monoisotopic (exact) mass is 374 g/mol. The van der Waals surface area contributed by atoms with Gasteiger partial charge in [0.2, 0.25) is 5.91 Å². The first-order valence-electron chi connectivity index (χ1n) is 6.80. The highest BCUT2D eigenvalue weighted by molar-refractivity contribution is 9.10. The second-order valence-corrected chi connectivity index (χ2v) is 5.77. The lowest BCUT2D eigenvalue weighted by atomic mass is 10.1. The van der Waals surface area contributed by atoms with Gasteiger partial charge in [0.25, 0.3) is 0 Å². The Morgan fingerprint density at radius 1 is 1.22 bits per heavy atom. The van der Waals surface area contributed by atoms with Crippen LogP contribution in [0.5, 0.6) is 0 Å². The van der Waals surface area contributed by atoms with E-state index in [9.17, 15) is 9.18 Å². The summed E-state index contributed by atoms with van der Waals surface area (Å²) in [4.78, 5) is 15.8. The Balaban J connectivity index is 1.69. The molecular weight excluding hydrogens is 363 g/mol. The molecule has 2 aromatic carbocycles. The van der Waals surface area contributed by atoms with E-state index in [-0.39, 0.29) is 18.0 Å². The van der Waals surface area contributed by atoms with E-state index in [0.717, 1.165) is 10.0 Å². The average molecular weight is 375 g/mol. The normalized spacial score (nSPS) is 10.5. The highest BCUT2D eigenvalue weighted by atomic mass is 79.9. The second-order valence-electron chi connectivity index (χ2n) is 4.86. The molecular formula is C16H12BrFN4O. The third-order valence-electron chi connectivity index (χ3n) is 3.17. The van der Waals surface area contributed by atoms with Gasteiger partial charge in [-0.25, -0.2) is 14.1 Å². The summed E-state index contributed by atoms with van der Waals surface area (Å²) in [5.41, 5.74) is 1.55. The molecule has 0 bridgehead atoms. The van der Waals surface area contributed by atoms with Crippen LogP contribution < -0.4 is 5.32 Å². The van der Waals surface area contributed by atoms with Crippen LogP contribution in [-0.2, 0) is 11.2 Å². The molecule has 0 radical (unpaired) electrons. The summed E-state index contributed by atoms with van der Waals surface area (Å²) < 4.78 is 16.4. The van der Waals surface area contributed by atoms with E-state index in [0.29, 0.717) is 5.69 Å². The van der Waals surface area contributed by atoms with Gasteiger partial charge in [-0.3, -0.25) is 4.79 Å². The Hall–Kier alpha value is -2.54. The van der Waals surface area contributed by atoms with Gasteiger partial charge in [0.15, 0.2) is 5.82 Å². The topological polar surface area (TPSA) is 59.8 Å². The number of nitrogens with one attached hydrogen (secondary N) is 1. The number of amides is 1. The summed E-state index contributed by atoms with van der Waals surface area (Å²) >= 11 is 3.34. The average Bonchev–Trinajstić information content (AvgIpc) is 3.04. The minimum atomic E-state index is -0.489. The molecule has 0 aliphatic carbocycles. The van der Waals surface area contributed by atoms with Crippen LogP contribution in [0.25, 0.3) is 5.69 Å². The molecule has 23 heavy (non-hydrogen) atoms. The maximum Gasteiger partial charge on any atom is 0.228 e. The van der Waals surface area contributed by atoms with Gasteiger partial charge >= 0.3 is 0 Å². The maximum atomic E-state index is 14.1. The summed E-state index contributed by atoms with van der Waals surface area (Å²) in [6.07, 6.45) is 2.96. The number of hydrogen-bond donors (Lipinski definition) is 1. The molecule has 7 heteroatoms. The molecule has 1 N–H and O–H groups in total. The molecule has 116 valence electrons. The first-order chi connectivity index (χ1) is 11.1. The van der Waals surface area contributed by atoms with Gasteiger partial charge in [0, 0.05) is 10.2 Å². The summed E-state index contributed by atoms with van der Waals surface area (Å²) in [5.74, 6) is -0.697. The predicted octanol–water partition coefficient (Wildman–Crippen LogP) is 3.35. The third kappa shape index (κ3) is 3.81. The molecule has 0 fully saturated rings. The zero-order valence-corrected chi connectivity index (χ0v) is 13.5. The van der Waals surface area contributed by atoms with Crippen LogP contribution in [0.15, 0.2) is 59.6 Å². The number of halogens is 2. The van der Waals surface area contributed by atoms with Crippen molar-refractivity contribution in [1.82, 2.24) is 14.8 Å². The summed E-state index contributed by atoms with van der Waals surface area (Å²) in [6.45, 7) is 0. The Bertz CT molecular complexity index is 819. The molecule has 3 aromatic rings. The van der Waals surface area contributed by atoms with Crippen molar-refractivity contribution in [3.63, 3.8) is 0 Å². The van der Waals surface area contributed by atoms with E-state index in [4.69, 9.17) is 0 Å². The second kappa shape index (κ2) is 6.70. The minimum Gasteiger partial charge on any atom is -0.326 e. The quantitative estimate of drug-likeness (QED) is 0.761. The van der Waals surface area contributed by atoms with Crippen molar-refractivity contribution < 1.29 is 9.18 Å². The zero-order chi connectivity index (χ0) is 16.2. The van der Waals surface area contributed by atoms with E-state index in [1.165, 1.54) is 23.4 Å². The lowest BCUT2D eigenvalue weighted by Crippen LogP contribution is -2.14. The van der Waals surface area contributed by atoms with E-state index in [2.05, 4.69) is 31.3 Å². The van der Waals surface area contributed by atoms with Gasteiger partial charge in [-0.05, 0) is 35.9 Å². The SMILES string of the molecule is O=C(Cc1ccc(Br)cc1)Nc1ccc(-n2cncn2)c(F)c1. The number of rotatable bonds is 4. The van der Waals surface area contributed by atoms with Crippen molar-refractivity contribution >= 4 is 27.5 Å². The van der Waals surface area contributed by atoms with Crippen LogP contribution in [0.1, 0.15) is 5.56 Å². The first kappa shape index (κ1) is 15.4. The molecule has 0 saturated heterocycles. The Morgan fingerprint density at radius 3 is 2.65 bits per heavy atom. The van der Waals surface area contributed by atoms with Crippen molar-refractivity contribution in [2.45, 2.75) is 6.42 Å². The van der Waals surface area contributed by atoms with E-state index in [1.54, 1.807) is 12.1 Å². The first-order valence-corrected chi connectivity index (χ1v) is 7.60. The fourth-order valence-electron chi connectivity index (χ4n) is 2.10. The Labute approximate surface area is 140 Å². The predicted molar refractivity (Wildman–Crippen MR) is 87.8 cm³/mol. The van der Waals surface area contributed by atoms with Crippen LogP contribution in [0.2, 0.25) is 0 Å². The minimum absolute atomic E-state index is 0.208. The lowest BCUT2D eigenvalue weighted by molar-refractivity contribution is -0.115. The number of hydrogen-bond acceptors (Lipinski definition) is 3. The maximum absolute atomic E-state index is 14.1. The van der Waals surface area contributed by atoms with Crippen LogP contribution in [0.3, 0.4) is 0 Å². The number of anilines is 1. The summed E-state index contributed by atoms with van der Waals surface area (Å²) in [7, 11) is 0. The molecule has 1 heterocycles. The number of nitrogens with zero attached hydrogens (tertiary/aromatic N) is 3. The molecule has 0 unspecified atom stereocenters. The molecule has 0 aliphatic rings. The standard InChI is InChI=1S/C16H12BrFN4O/c17-12-3-1-11(2-4-12)7-16(23)21-13-5-6-15(14(18)8-13)22-10-19-9-20-22/h1-6,8-10H,7H2,(H,21,23). The molecule has 3 rings (SSSR count). The van der Waals surface area contributed by atoms with Crippen LogP contribution >= 0.6 is 15.9 Å². The number of benzene rings is 2. The van der Waals surface area contributed by atoms with Gasteiger partial charge in [0.1, 0.15) is 18.3 Å². The van der Waals surface area contributed by atoms with E-state index < -0.39 is 5.82 Å². The largest absolute Gasteiger partial charge is 0.326 e. The van der Waals surface area contributed by atoms with E-state index >= 15 is 0 Å². The Kier molecular flexibility index (Phi) is 4.47. The third-order valence-corrected chi connectivity index (χ3v) is 3.70. The highest BCUT2D eigenvalue weighted by Gasteiger charge is 2.09. The number of aromatic nitrogens is 3. The van der Waals surface area contributed by atoms with Gasteiger partial charge in [0.05, 0.1) is 6.42 Å². The lowest BCUT2D eigenvalue weighted by Gasteiger charge is -2.08. The Morgan fingerprint density at radius 2 is 2.00 bits per heavy atom. The number of carbonyl (C=O) groups is 1. The molecule has 1 amide bonds. The highest BCUT2D eigenvalue weighted by Crippen LogP contribution is 2.18. The van der Waals surface area contributed by atoms with Crippen molar-refractivity contribution in [3.8, 4) is 5.69 Å². The molecule has 0 aliphatic heterocycles. The molecule has 0 saturated carbocycles. The smallest absolute Gasteiger partial charge is 0.228 e. The fraction of sp³-hybridized carbons (Fsp3) is 0.0625. The molecule has 5 nitrogen and oxygen atoms in total. The van der Waals surface area contributed by atoms with Gasteiger partial charge in [-0.2, -0.15) is 5.10 Å². The van der Waals surface area contributed by atoms with Crippen LogP contribution in [-0.4, -0.2) is 20.7 Å². The van der Waals surface area contributed by atoms with Gasteiger partial charge in [-0.15, -0.1) is 0 Å². The zero-order valence-electron chi connectivity index (χ0n) is 11.9. The summed E-state index contributed by atoms with van der Waals surface area (Å²) in [6, 6.07) is 11.9. The number of carbonyl (C=O) groups excluding carboxylic acids is 1. The van der Waals surface area contributed by atoms with Crippen LogP contribution in [0.4, 0.5) is 10.1 Å². The van der Waals surface area contributed by atoms with E-state index in [1.807, 2.05) is 24.3 Å². The fourth-order valence-corrected chi connectivity index (χ4v) is 2.36. The van der Waals surface area contributed by atoms with Gasteiger partial charge < -0.3 is 5.32 Å². The molecule has 0 spiro atoms. The molecule has 1 aromatic heterocycles. The van der Waals surface area contributed by atoms with Crippen molar-refractivity contribution in [2.75, 3.05) is 5.32 Å². The van der Waals surface area contributed by atoms with Gasteiger partial charge in [-0.1, -0.05) is 28.1 Å². The van der Waals surface area contributed by atoms with Crippen molar-refractivity contribution in [2.24, 2.45) is 0 Å². The summed E-state index contributed by atoms with van der Waals surface area (Å²) in [5, 5.41) is 6.56. The van der Waals surface area contributed by atoms with Crippen molar-refractivity contribution in [1.29, 1.82) is 0 Å².